The molecule has 94 valence electrons. The first-order valence-electron chi connectivity index (χ1n) is 6.65. The van der Waals surface area contributed by atoms with Crippen molar-refractivity contribution in [3.05, 3.63) is 33.7 Å². The second kappa shape index (κ2) is 5.50. The number of hydrogen-bond acceptors (Lipinski definition) is 2. The third-order valence-corrected chi connectivity index (χ3v) is 3.65. The van der Waals surface area contributed by atoms with Crippen molar-refractivity contribution in [1.29, 1.82) is 0 Å². The molecule has 3 nitrogen and oxygen atoms in total. The molecule has 0 spiro atoms. The van der Waals surface area contributed by atoms with Gasteiger partial charge in [-0.2, -0.15) is 0 Å². The molecule has 0 aliphatic heterocycles. The number of aryl methyl sites for hydroxylation is 1. The predicted octanol–water partition coefficient (Wildman–Crippen LogP) is 2.38. The molecule has 0 atom stereocenters. The second-order valence-corrected chi connectivity index (χ2v) is 4.89. The van der Waals surface area contributed by atoms with Crippen molar-refractivity contribution in [2.45, 2.75) is 52.1 Å². The number of aromatic nitrogens is 1. The van der Waals surface area contributed by atoms with Gasteiger partial charge in [0, 0.05) is 23.8 Å². The molecule has 0 amide bonds. The molecule has 1 aromatic heterocycles. The molecule has 1 heterocycles. The fraction of sp³-hybridized carbons (Fsp3) is 0.643. The van der Waals surface area contributed by atoms with Crippen LogP contribution < -0.4 is 10.9 Å². The van der Waals surface area contributed by atoms with Crippen LogP contribution in [-0.4, -0.2) is 11.1 Å². The third kappa shape index (κ3) is 2.60. The zero-order valence-corrected chi connectivity index (χ0v) is 10.8. The van der Waals surface area contributed by atoms with Gasteiger partial charge in [-0.1, -0.05) is 25.8 Å². The Morgan fingerprint density at radius 1 is 1.35 bits per heavy atom. The molecular formula is C14H22N2O. The molecule has 0 aromatic carbocycles. The highest BCUT2D eigenvalue weighted by molar-refractivity contribution is 5.16. The Labute approximate surface area is 103 Å². The van der Waals surface area contributed by atoms with E-state index in [1.165, 1.54) is 12.8 Å². The molecule has 1 fully saturated rings. The van der Waals surface area contributed by atoms with Gasteiger partial charge in [0.15, 0.2) is 0 Å². The Hall–Kier alpha value is -1.09. The minimum Gasteiger partial charge on any atom is -0.313 e. The van der Waals surface area contributed by atoms with Crippen LogP contribution >= 0.6 is 0 Å². The van der Waals surface area contributed by atoms with Gasteiger partial charge >= 0.3 is 0 Å². The van der Waals surface area contributed by atoms with E-state index in [9.17, 15) is 4.79 Å². The van der Waals surface area contributed by atoms with Gasteiger partial charge in [0.1, 0.15) is 0 Å². The number of nitrogens with one attached hydrogen (secondary N) is 1. The first kappa shape index (κ1) is 12.4. The van der Waals surface area contributed by atoms with Gasteiger partial charge in [0.05, 0.1) is 0 Å². The maximum atomic E-state index is 12.4. The van der Waals surface area contributed by atoms with E-state index in [2.05, 4.69) is 18.3 Å². The number of hydrogen-bond donors (Lipinski definition) is 1. The van der Waals surface area contributed by atoms with Gasteiger partial charge in [0.2, 0.25) is 0 Å². The van der Waals surface area contributed by atoms with Crippen LogP contribution in [0.25, 0.3) is 0 Å². The minimum atomic E-state index is 0.206. The molecule has 0 saturated heterocycles. The standard InChI is InChI=1S/C14H22N2O/c1-3-15-10-12-9-8-11(2)16(14(12)17)13-6-4-5-7-13/h8-9,13,15H,3-7,10H2,1-2H3. The summed E-state index contributed by atoms with van der Waals surface area (Å²) in [6, 6.07) is 4.47. The Kier molecular flexibility index (Phi) is 4.00. The van der Waals surface area contributed by atoms with Crippen molar-refractivity contribution in [2.75, 3.05) is 6.54 Å². The summed E-state index contributed by atoms with van der Waals surface area (Å²) in [6.45, 7) is 5.68. The van der Waals surface area contributed by atoms with Crippen LogP contribution in [-0.2, 0) is 6.54 Å². The summed E-state index contributed by atoms with van der Waals surface area (Å²) in [5.74, 6) is 0. The van der Waals surface area contributed by atoms with Gasteiger partial charge in [-0.15, -0.1) is 0 Å². The summed E-state index contributed by atoms with van der Waals surface area (Å²) >= 11 is 0. The molecule has 0 unspecified atom stereocenters. The number of pyridine rings is 1. The Morgan fingerprint density at radius 2 is 2.06 bits per heavy atom. The van der Waals surface area contributed by atoms with Crippen LogP contribution in [0.1, 0.15) is 49.9 Å². The summed E-state index contributed by atoms with van der Waals surface area (Å²) in [4.78, 5) is 12.4. The molecule has 2 rings (SSSR count). The van der Waals surface area contributed by atoms with Gasteiger partial charge in [0.25, 0.3) is 5.56 Å². The molecule has 0 bridgehead atoms. The van der Waals surface area contributed by atoms with E-state index in [0.29, 0.717) is 12.6 Å². The first-order chi connectivity index (χ1) is 8.24. The van der Waals surface area contributed by atoms with E-state index in [1.54, 1.807) is 0 Å². The predicted molar refractivity (Wildman–Crippen MR) is 70.3 cm³/mol. The highest BCUT2D eigenvalue weighted by Gasteiger charge is 2.20. The van der Waals surface area contributed by atoms with E-state index in [0.717, 1.165) is 30.6 Å². The van der Waals surface area contributed by atoms with Crippen molar-refractivity contribution >= 4 is 0 Å². The summed E-state index contributed by atoms with van der Waals surface area (Å²) in [5, 5.41) is 3.23. The maximum Gasteiger partial charge on any atom is 0.255 e. The van der Waals surface area contributed by atoms with Crippen LogP contribution in [0.2, 0.25) is 0 Å². The molecule has 1 N–H and O–H groups in total. The fourth-order valence-electron chi connectivity index (χ4n) is 2.70. The third-order valence-electron chi connectivity index (χ3n) is 3.65. The van der Waals surface area contributed by atoms with E-state index in [1.807, 2.05) is 17.6 Å². The average Bonchev–Trinajstić information content (AvgIpc) is 2.82. The van der Waals surface area contributed by atoms with Crippen LogP contribution in [0, 0.1) is 6.92 Å². The van der Waals surface area contributed by atoms with Gasteiger partial charge in [-0.3, -0.25) is 4.79 Å². The number of rotatable bonds is 4. The first-order valence-corrected chi connectivity index (χ1v) is 6.65. The lowest BCUT2D eigenvalue weighted by molar-refractivity contribution is 0.486. The lowest BCUT2D eigenvalue weighted by atomic mass is 10.1. The summed E-state index contributed by atoms with van der Waals surface area (Å²) in [6.07, 6.45) is 4.83. The summed E-state index contributed by atoms with van der Waals surface area (Å²) < 4.78 is 2.01. The summed E-state index contributed by atoms with van der Waals surface area (Å²) in [7, 11) is 0. The van der Waals surface area contributed by atoms with Crippen LogP contribution in [0.4, 0.5) is 0 Å². The molecule has 1 aromatic rings. The molecule has 3 heteroatoms. The van der Waals surface area contributed by atoms with Crippen LogP contribution in [0.15, 0.2) is 16.9 Å². The van der Waals surface area contributed by atoms with Gasteiger partial charge in [-0.25, -0.2) is 0 Å². The Morgan fingerprint density at radius 3 is 2.71 bits per heavy atom. The largest absolute Gasteiger partial charge is 0.313 e. The van der Waals surface area contributed by atoms with E-state index in [4.69, 9.17) is 0 Å². The minimum absolute atomic E-state index is 0.206. The van der Waals surface area contributed by atoms with Gasteiger partial charge in [-0.05, 0) is 32.4 Å². The topological polar surface area (TPSA) is 34.0 Å². The number of nitrogens with zero attached hydrogens (tertiary/aromatic N) is 1. The zero-order chi connectivity index (χ0) is 12.3. The normalized spacial score (nSPS) is 16.6. The van der Waals surface area contributed by atoms with Crippen molar-refractivity contribution in [1.82, 2.24) is 9.88 Å². The monoisotopic (exact) mass is 234 g/mol. The molecule has 1 aliphatic rings. The molecule has 17 heavy (non-hydrogen) atoms. The SMILES string of the molecule is CCNCc1ccc(C)n(C2CCCC2)c1=O. The molecule has 0 radical (unpaired) electrons. The Bertz CT molecular complexity index is 430. The van der Waals surface area contributed by atoms with E-state index >= 15 is 0 Å². The Balaban J connectivity index is 2.32. The van der Waals surface area contributed by atoms with E-state index in [-0.39, 0.29) is 5.56 Å². The lowest BCUT2D eigenvalue weighted by Gasteiger charge is -2.18. The highest BCUT2D eigenvalue weighted by Crippen LogP contribution is 2.29. The van der Waals surface area contributed by atoms with Crippen molar-refractivity contribution < 1.29 is 0 Å². The van der Waals surface area contributed by atoms with Crippen LogP contribution in [0.5, 0.6) is 0 Å². The average molecular weight is 234 g/mol. The van der Waals surface area contributed by atoms with Gasteiger partial charge < -0.3 is 9.88 Å². The summed E-state index contributed by atoms with van der Waals surface area (Å²) in [5.41, 5.74) is 2.20. The quantitative estimate of drug-likeness (QED) is 0.868. The van der Waals surface area contributed by atoms with Crippen LogP contribution in [0.3, 0.4) is 0 Å². The highest BCUT2D eigenvalue weighted by atomic mass is 16.1. The smallest absolute Gasteiger partial charge is 0.255 e. The van der Waals surface area contributed by atoms with Crippen molar-refractivity contribution in [3.8, 4) is 0 Å². The zero-order valence-electron chi connectivity index (χ0n) is 10.8. The van der Waals surface area contributed by atoms with Crippen molar-refractivity contribution in [2.24, 2.45) is 0 Å². The molecule has 1 aliphatic carbocycles. The molecular weight excluding hydrogens is 212 g/mol. The second-order valence-electron chi connectivity index (χ2n) is 4.89. The fourth-order valence-corrected chi connectivity index (χ4v) is 2.70. The lowest BCUT2D eigenvalue weighted by Crippen LogP contribution is -2.30. The molecule has 1 saturated carbocycles. The maximum absolute atomic E-state index is 12.4. The van der Waals surface area contributed by atoms with E-state index < -0.39 is 0 Å². The van der Waals surface area contributed by atoms with Crippen molar-refractivity contribution in [3.63, 3.8) is 0 Å².